The summed E-state index contributed by atoms with van der Waals surface area (Å²) >= 11 is 2.05. The molecule has 0 fully saturated rings. The predicted octanol–water partition coefficient (Wildman–Crippen LogP) is 5.32. The van der Waals surface area contributed by atoms with Crippen LogP contribution >= 0.6 is 22.7 Å². The Morgan fingerprint density at radius 2 is 1.00 bits per heavy atom. The van der Waals surface area contributed by atoms with Gasteiger partial charge in [0.05, 0.1) is 34.1 Å². The number of hydrogen-bond acceptors (Lipinski definition) is 10. The van der Waals surface area contributed by atoms with Gasteiger partial charge < -0.3 is 20.1 Å². The summed E-state index contributed by atoms with van der Waals surface area (Å²) in [5.74, 6) is -2.38. The minimum atomic E-state index is -0.611. The number of esters is 2. The van der Waals surface area contributed by atoms with Crippen LogP contribution in [0.5, 0.6) is 0 Å². The number of carbonyl (C=O) groups is 6. The molecule has 2 aromatic heterocycles. The topological polar surface area (TPSA) is 145 Å². The van der Waals surface area contributed by atoms with E-state index in [-0.39, 0.29) is 70.6 Å². The molecular weight excluding hydrogens is 532 g/mol. The summed E-state index contributed by atoms with van der Waals surface area (Å²) in [6.45, 7) is 9.68. The van der Waals surface area contributed by atoms with Crippen molar-refractivity contribution in [2.24, 2.45) is 0 Å². The van der Waals surface area contributed by atoms with Gasteiger partial charge in [-0.1, -0.05) is 0 Å². The molecule has 10 nitrogen and oxygen atoms in total. The molecule has 0 bridgehead atoms. The van der Waals surface area contributed by atoms with E-state index in [0.29, 0.717) is 33.7 Å². The van der Waals surface area contributed by atoms with Crippen molar-refractivity contribution in [3.05, 3.63) is 32.0 Å². The third-order valence-corrected chi connectivity index (χ3v) is 8.07. The summed E-state index contributed by atoms with van der Waals surface area (Å²) in [6, 6.07) is 0. The molecule has 0 spiro atoms. The van der Waals surface area contributed by atoms with Gasteiger partial charge in [-0.3, -0.25) is 19.2 Å². The third-order valence-electron chi connectivity index (χ3n) is 5.46. The number of Topliss-reactive ketones (excluding diaryl/α,β-unsaturated/α-hetero) is 2. The van der Waals surface area contributed by atoms with E-state index < -0.39 is 11.9 Å². The standard InChI is InChI=1S/C26H32N2O8S2/c1-7-35-25(33)19-13(3)21(15(5)29)37-23(19)27-17(31)11-9-10-12-18(32)28-24-20(26(34)36-8-2)14(4)22(38-24)16(6)30/h7-12H2,1-6H3,(H,27,31)(H,28,32). The highest BCUT2D eigenvalue weighted by atomic mass is 32.1. The van der Waals surface area contributed by atoms with Crippen molar-refractivity contribution in [1.82, 2.24) is 0 Å². The maximum atomic E-state index is 12.5. The number of ether oxygens (including phenoxy) is 2. The first-order valence-corrected chi connectivity index (χ1v) is 13.8. The first kappa shape index (κ1) is 30.8. The highest BCUT2D eigenvalue weighted by Gasteiger charge is 2.26. The third kappa shape index (κ3) is 7.57. The molecule has 12 heteroatoms. The molecule has 2 aromatic rings. The zero-order valence-corrected chi connectivity index (χ0v) is 24.0. The lowest BCUT2D eigenvalue weighted by Gasteiger charge is -2.08. The molecule has 2 rings (SSSR count). The fourth-order valence-electron chi connectivity index (χ4n) is 3.72. The molecule has 2 heterocycles. The van der Waals surface area contributed by atoms with Gasteiger partial charge in [-0.05, 0) is 65.5 Å². The van der Waals surface area contributed by atoms with E-state index in [2.05, 4.69) is 10.6 Å². The Labute approximate surface area is 229 Å². The van der Waals surface area contributed by atoms with Crippen LogP contribution in [0.1, 0.15) is 105 Å². The second-order valence-electron chi connectivity index (χ2n) is 8.38. The van der Waals surface area contributed by atoms with Crippen LogP contribution in [-0.4, -0.2) is 48.5 Å². The van der Waals surface area contributed by atoms with E-state index in [1.165, 1.54) is 13.8 Å². The second kappa shape index (κ2) is 14.0. The van der Waals surface area contributed by atoms with Crippen molar-refractivity contribution < 1.29 is 38.2 Å². The molecule has 0 aliphatic heterocycles. The maximum absolute atomic E-state index is 12.5. The summed E-state index contributed by atoms with van der Waals surface area (Å²) in [6.07, 6.45) is 0.931. The molecule has 0 aliphatic carbocycles. The number of ketones is 2. The van der Waals surface area contributed by atoms with Crippen LogP contribution in [0.3, 0.4) is 0 Å². The fraction of sp³-hybridized carbons (Fsp3) is 0.462. The summed E-state index contributed by atoms with van der Waals surface area (Å²) in [5, 5.41) is 5.90. The number of thiophene rings is 2. The van der Waals surface area contributed by atoms with Gasteiger partial charge in [0.2, 0.25) is 11.8 Å². The van der Waals surface area contributed by atoms with Gasteiger partial charge in [0, 0.05) is 12.8 Å². The van der Waals surface area contributed by atoms with Crippen molar-refractivity contribution in [3.8, 4) is 0 Å². The largest absolute Gasteiger partial charge is 0.462 e. The molecule has 0 saturated carbocycles. The van der Waals surface area contributed by atoms with Crippen LogP contribution in [-0.2, 0) is 19.1 Å². The first-order valence-electron chi connectivity index (χ1n) is 12.1. The smallest absolute Gasteiger partial charge is 0.341 e. The first-order chi connectivity index (χ1) is 17.9. The molecule has 0 aromatic carbocycles. The lowest BCUT2D eigenvalue weighted by Crippen LogP contribution is -2.16. The summed E-state index contributed by atoms with van der Waals surface area (Å²) in [7, 11) is 0. The van der Waals surface area contributed by atoms with E-state index in [1.807, 2.05) is 0 Å². The predicted molar refractivity (Wildman–Crippen MR) is 146 cm³/mol. The van der Waals surface area contributed by atoms with Crippen LogP contribution in [0.2, 0.25) is 0 Å². The number of unbranched alkanes of at least 4 members (excludes halogenated alkanes) is 1. The Hall–Kier alpha value is -3.38. The minimum Gasteiger partial charge on any atom is -0.462 e. The highest BCUT2D eigenvalue weighted by Crippen LogP contribution is 2.35. The summed E-state index contributed by atoms with van der Waals surface area (Å²) in [4.78, 5) is 74.4. The van der Waals surface area contributed by atoms with Gasteiger partial charge in [0.1, 0.15) is 10.0 Å². The minimum absolute atomic E-state index is 0.0859. The van der Waals surface area contributed by atoms with Gasteiger partial charge in [-0.2, -0.15) is 0 Å². The van der Waals surface area contributed by atoms with E-state index in [4.69, 9.17) is 9.47 Å². The Morgan fingerprint density at radius 1 is 0.658 bits per heavy atom. The molecule has 0 saturated heterocycles. The molecule has 206 valence electrons. The van der Waals surface area contributed by atoms with Gasteiger partial charge in [-0.15, -0.1) is 22.7 Å². The van der Waals surface area contributed by atoms with Crippen molar-refractivity contribution in [1.29, 1.82) is 0 Å². The molecule has 0 atom stereocenters. The van der Waals surface area contributed by atoms with E-state index >= 15 is 0 Å². The van der Waals surface area contributed by atoms with Crippen LogP contribution in [0, 0.1) is 13.8 Å². The van der Waals surface area contributed by atoms with Crippen LogP contribution in [0.25, 0.3) is 0 Å². The Morgan fingerprint density at radius 3 is 1.29 bits per heavy atom. The maximum Gasteiger partial charge on any atom is 0.341 e. The van der Waals surface area contributed by atoms with Crippen LogP contribution < -0.4 is 10.6 Å². The Balaban J connectivity index is 1.98. The Kier molecular flexibility index (Phi) is 11.3. The van der Waals surface area contributed by atoms with Crippen LogP contribution in [0.15, 0.2) is 0 Å². The normalized spacial score (nSPS) is 10.6. The second-order valence-corrected chi connectivity index (χ2v) is 10.4. The van der Waals surface area contributed by atoms with E-state index in [0.717, 1.165) is 22.7 Å². The number of carbonyl (C=O) groups excluding carboxylic acids is 6. The van der Waals surface area contributed by atoms with Crippen molar-refractivity contribution in [2.45, 2.75) is 67.2 Å². The van der Waals surface area contributed by atoms with E-state index in [1.54, 1.807) is 27.7 Å². The SMILES string of the molecule is CCOC(=O)c1c(NC(=O)CCCCC(=O)Nc2sc(C(C)=O)c(C)c2C(=O)OCC)sc(C(C)=O)c1C. The van der Waals surface area contributed by atoms with Crippen molar-refractivity contribution in [2.75, 3.05) is 23.8 Å². The molecular formula is C26H32N2O8S2. The number of hydrogen-bond donors (Lipinski definition) is 2. The Bertz CT molecular complexity index is 1160. The quantitative estimate of drug-likeness (QED) is 0.189. The molecule has 0 aliphatic rings. The zero-order chi connectivity index (χ0) is 28.6. The average Bonchev–Trinajstić information content (AvgIpc) is 3.33. The number of nitrogens with one attached hydrogen (secondary N) is 2. The van der Waals surface area contributed by atoms with Crippen LogP contribution in [0.4, 0.5) is 10.0 Å². The van der Waals surface area contributed by atoms with Gasteiger partial charge >= 0.3 is 11.9 Å². The lowest BCUT2D eigenvalue weighted by molar-refractivity contribution is -0.118. The lowest BCUT2D eigenvalue weighted by atomic mass is 10.1. The monoisotopic (exact) mass is 564 g/mol. The zero-order valence-electron chi connectivity index (χ0n) is 22.3. The molecule has 0 radical (unpaired) electrons. The van der Waals surface area contributed by atoms with E-state index in [9.17, 15) is 28.8 Å². The number of amides is 2. The average molecular weight is 565 g/mol. The van der Waals surface area contributed by atoms with Crippen molar-refractivity contribution in [3.63, 3.8) is 0 Å². The number of anilines is 2. The highest BCUT2D eigenvalue weighted by molar-refractivity contribution is 7.19. The van der Waals surface area contributed by atoms with Crippen molar-refractivity contribution >= 4 is 68.0 Å². The summed E-state index contributed by atoms with van der Waals surface area (Å²) < 4.78 is 10.1. The fourth-order valence-corrected chi connectivity index (χ4v) is 5.93. The summed E-state index contributed by atoms with van der Waals surface area (Å²) in [5.41, 5.74) is 1.27. The van der Waals surface area contributed by atoms with Gasteiger partial charge in [-0.25, -0.2) is 9.59 Å². The number of rotatable bonds is 13. The molecule has 2 amide bonds. The van der Waals surface area contributed by atoms with Gasteiger partial charge in [0.15, 0.2) is 11.6 Å². The van der Waals surface area contributed by atoms with Gasteiger partial charge in [0.25, 0.3) is 0 Å². The molecule has 0 unspecified atom stereocenters. The molecule has 38 heavy (non-hydrogen) atoms. The molecule has 2 N–H and O–H groups in total.